The first kappa shape index (κ1) is 21.1. The van der Waals surface area contributed by atoms with Crippen LogP contribution in [0.15, 0.2) is 0 Å². The smallest absolute Gasteiger partial charge is 0.0900 e. The van der Waals surface area contributed by atoms with Gasteiger partial charge in [-0.15, -0.1) is 12.4 Å². The highest BCUT2D eigenvalue weighted by Gasteiger charge is 2.60. The number of aliphatic hydroxyl groups excluding tert-OH is 3. The molecule has 0 spiro atoms. The van der Waals surface area contributed by atoms with Gasteiger partial charge in [-0.05, 0) is 36.0 Å². The van der Waals surface area contributed by atoms with E-state index in [1.165, 1.54) is 19.3 Å². The van der Waals surface area contributed by atoms with Gasteiger partial charge < -0.3 is 20.1 Å². The van der Waals surface area contributed by atoms with Crippen LogP contribution in [-0.4, -0.2) is 71.9 Å². The standard InChI is InChI=1S/C17H33NO4.ClH/c1-16(2)13-4-5-17(3,10-13)15(16)22-12-14(21)11-18(6-8-19)7-9-20;/h13-15,19-21H,4-12H2,1-3H3;1H. The molecule has 0 aromatic heterocycles. The summed E-state index contributed by atoms with van der Waals surface area (Å²) in [5.41, 5.74) is 0.437. The molecule has 4 atom stereocenters. The molecule has 2 aliphatic rings. The summed E-state index contributed by atoms with van der Waals surface area (Å²) < 4.78 is 6.17. The van der Waals surface area contributed by atoms with E-state index in [0.717, 1.165) is 5.92 Å². The van der Waals surface area contributed by atoms with Crippen molar-refractivity contribution in [3.05, 3.63) is 0 Å². The third-order valence-electron chi connectivity index (χ3n) is 5.89. The van der Waals surface area contributed by atoms with Gasteiger partial charge in [-0.1, -0.05) is 20.8 Å². The van der Waals surface area contributed by atoms with Crippen molar-refractivity contribution in [2.24, 2.45) is 16.7 Å². The molecule has 0 aliphatic heterocycles. The molecule has 2 bridgehead atoms. The summed E-state index contributed by atoms with van der Waals surface area (Å²) in [4.78, 5) is 1.86. The Morgan fingerprint density at radius 2 is 1.78 bits per heavy atom. The van der Waals surface area contributed by atoms with Crippen molar-refractivity contribution in [2.45, 2.75) is 52.2 Å². The molecule has 2 saturated carbocycles. The molecular weight excluding hydrogens is 318 g/mol. The van der Waals surface area contributed by atoms with Gasteiger partial charge in [0.15, 0.2) is 0 Å². The number of hydrogen-bond acceptors (Lipinski definition) is 5. The first-order chi connectivity index (χ1) is 10.3. The number of ether oxygens (including phenoxy) is 1. The number of nitrogens with zero attached hydrogens (tertiary/aromatic N) is 1. The fraction of sp³-hybridized carbons (Fsp3) is 1.00. The van der Waals surface area contributed by atoms with E-state index in [2.05, 4.69) is 20.8 Å². The summed E-state index contributed by atoms with van der Waals surface area (Å²) in [5, 5.41) is 28.3. The van der Waals surface area contributed by atoms with Crippen LogP contribution < -0.4 is 0 Å². The maximum atomic E-state index is 10.2. The summed E-state index contributed by atoms with van der Waals surface area (Å²) in [6.45, 7) is 8.65. The molecule has 3 N–H and O–H groups in total. The van der Waals surface area contributed by atoms with Gasteiger partial charge in [0.2, 0.25) is 0 Å². The van der Waals surface area contributed by atoms with Gasteiger partial charge in [0.05, 0.1) is 32.0 Å². The van der Waals surface area contributed by atoms with Crippen molar-refractivity contribution < 1.29 is 20.1 Å². The Morgan fingerprint density at radius 3 is 2.26 bits per heavy atom. The van der Waals surface area contributed by atoms with E-state index in [1.807, 2.05) is 4.90 Å². The fourth-order valence-electron chi connectivity index (χ4n) is 4.81. The molecule has 2 fully saturated rings. The maximum Gasteiger partial charge on any atom is 0.0900 e. The van der Waals surface area contributed by atoms with Crippen LogP contribution in [-0.2, 0) is 4.74 Å². The number of halogens is 1. The van der Waals surface area contributed by atoms with Gasteiger partial charge in [0.25, 0.3) is 0 Å². The average molecular weight is 352 g/mol. The summed E-state index contributed by atoms with van der Waals surface area (Å²) >= 11 is 0. The van der Waals surface area contributed by atoms with Crippen LogP contribution in [0.2, 0.25) is 0 Å². The van der Waals surface area contributed by atoms with Crippen LogP contribution in [0, 0.1) is 16.7 Å². The van der Waals surface area contributed by atoms with E-state index in [4.69, 9.17) is 14.9 Å². The zero-order chi connectivity index (χ0) is 16.4. The first-order valence-electron chi connectivity index (χ1n) is 8.57. The first-order valence-corrected chi connectivity index (χ1v) is 8.57. The van der Waals surface area contributed by atoms with Gasteiger partial charge in [0.1, 0.15) is 0 Å². The van der Waals surface area contributed by atoms with E-state index >= 15 is 0 Å². The minimum absolute atomic E-state index is 0. The fourth-order valence-corrected chi connectivity index (χ4v) is 4.81. The van der Waals surface area contributed by atoms with Crippen molar-refractivity contribution in [3.63, 3.8) is 0 Å². The topological polar surface area (TPSA) is 73.2 Å². The third kappa shape index (κ3) is 4.59. The highest BCUT2D eigenvalue weighted by molar-refractivity contribution is 5.85. The molecule has 6 heteroatoms. The van der Waals surface area contributed by atoms with Crippen molar-refractivity contribution in [3.8, 4) is 0 Å². The van der Waals surface area contributed by atoms with Gasteiger partial charge >= 0.3 is 0 Å². The molecule has 0 aromatic rings. The number of hydrogen-bond donors (Lipinski definition) is 3. The Hall–Kier alpha value is 0.0900. The largest absolute Gasteiger partial charge is 0.395 e. The van der Waals surface area contributed by atoms with Crippen molar-refractivity contribution in [2.75, 3.05) is 39.5 Å². The zero-order valence-electron chi connectivity index (χ0n) is 14.7. The van der Waals surface area contributed by atoms with Crippen LogP contribution >= 0.6 is 12.4 Å². The van der Waals surface area contributed by atoms with Crippen LogP contribution in [0.5, 0.6) is 0 Å². The maximum absolute atomic E-state index is 10.2. The molecule has 5 nitrogen and oxygen atoms in total. The Morgan fingerprint density at radius 1 is 1.17 bits per heavy atom. The minimum atomic E-state index is -0.586. The molecule has 2 rings (SSSR count). The van der Waals surface area contributed by atoms with Crippen LogP contribution in [0.25, 0.3) is 0 Å². The van der Waals surface area contributed by atoms with E-state index in [0.29, 0.717) is 26.2 Å². The second-order valence-electron chi connectivity index (χ2n) is 8.03. The lowest BCUT2D eigenvalue weighted by atomic mass is 9.70. The SMILES string of the molecule is CC12CCC(C1)C(C)(C)C2OCC(O)CN(CCO)CCO.Cl. The zero-order valence-corrected chi connectivity index (χ0v) is 15.5. The Labute approximate surface area is 146 Å². The Bertz CT molecular complexity index is 358. The molecule has 0 aromatic carbocycles. The molecule has 4 unspecified atom stereocenters. The normalized spacial score (nSPS) is 33.0. The lowest BCUT2D eigenvalue weighted by Crippen LogP contribution is -2.45. The van der Waals surface area contributed by atoms with Crippen LogP contribution in [0.3, 0.4) is 0 Å². The Balaban J connectivity index is 0.00000264. The predicted octanol–water partition coefficient (Wildman–Crippen LogP) is 1.29. The van der Waals surface area contributed by atoms with Gasteiger partial charge in [-0.2, -0.15) is 0 Å². The van der Waals surface area contributed by atoms with Crippen molar-refractivity contribution >= 4 is 12.4 Å². The summed E-state index contributed by atoms with van der Waals surface area (Å²) in [6.07, 6.45) is 3.38. The van der Waals surface area contributed by atoms with Crippen LogP contribution in [0.1, 0.15) is 40.0 Å². The minimum Gasteiger partial charge on any atom is -0.395 e. The number of fused-ring (bicyclic) bond motifs is 2. The van der Waals surface area contributed by atoms with Crippen molar-refractivity contribution in [1.29, 1.82) is 0 Å². The summed E-state index contributed by atoms with van der Waals surface area (Å²) in [5.74, 6) is 0.736. The average Bonchev–Trinajstić information content (AvgIpc) is 2.90. The van der Waals surface area contributed by atoms with Gasteiger partial charge in [0, 0.05) is 19.6 Å². The van der Waals surface area contributed by atoms with E-state index in [1.54, 1.807) is 0 Å². The molecule has 0 radical (unpaired) electrons. The highest BCUT2D eigenvalue weighted by Crippen LogP contribution is 2.63. The Kier molecular flexibility index (Phi) is 7.77. The predicted molar refractivity (Wildman–Crippen MR) is 92.8 cm³/mol. The summed E-state index contributed by atoms with van der Waals surface area (Å²) in [7, 11) is 0. The molecule has 138 valence electrons. The number of aliphatic hydroxyl groups is 3. The second-order valence-corrected chi connectivity index (χ2v) is 8.03. The van der Waals surface area contributed by atoms with Gasteiger partial charge in [-0.25, -0.2) is 0 Å². The highest BCUT2D eigenvalue weighted by atomic mass is 35.5. The quantitative estimate of drug-likeness (QED) is 0.583. The lowest BCUT2D eigenvalue weighted by molar-refractivity contribution is -0.113. The van der Waals surface area contributed by atoms with E-state index in [-0.39, 0.29) is 42.6 Å². The lowest BCUT2D eigenvalue weighted by Gasteiger charge is -2.42. The number of rotatable bonds is 9. The molecule has 0 saturated heterocycles. The molecule has 23 heavy (non-hydrogen) atoms. The van der Waals surface area contributed by atoms with Gasteiger partial charge in [-0.3, -0.25) is 4.90 Å². The van der Waals surface area contributed by atoms with Crippen molar-refractivity contribution in [1.82, 2.24) is 4.90 Å². The molecule has 0 heterocycles. The molecule has 0 amide bonds. The van der Waals surface area contributed by atoms with E-state index < -0.39 is 6.10 Å². The molecular formula is C17H34ClNO4. The second kappa shape index (κ2) is 8.45. The van der Waals surface area contributed by atoms with Crippen LogP contribution in [0.4, 0.5) is 0 Å². The molecule has 2 aliphatic carbocycles. The summed E-state index contributed by atoms with van der Waals surface area (Å²) in [6, 6.07) is 0. The third-order valence-corrected chi connectivity index (χ3v) is 5.89. The monoisotopic (exact) mass is 351 g/mol. The van der Waals surface area contributed by atoms with E-state index in [9.17, 15) is 5.11 Å².